The highest BCUT2D eigenvalue weighted by molar-refractivity contribution is 7.89. The molecule has 0 saturated heterocycles. The molecule has 2 N–H and O–H groups in total. The molecule has 0 spiro atoms. The maximum atomic E-state index is 12.0. The van der Waals surface area contributed by atoms with Crippen molar-refractivity contribution in [1.82, 2.24) is 9.71 Å². The van der Waals surface area contributed by atoms with Gasteiger partial charge in [0.25, 0.3) is 0 Å². The predicted octanol–water partition coefficient (Wildman–Crippen LogP) is 1.50. The summed E-state index contributed by atoms with van der Waals surface area (Å²) < 4.78 is 26.3. The SMILES string of the molecule is CC(C)Nc1ncc(S(=O)(=O)NC(C)C)cc1[N+](=O)[O-]. The normalized spacial score (nSPS) is 11.9. The highest BCUT2D eigenvalue weighted by Crippen LogP contribution is 2.25. The second-order valence-electron chi connectivity index (χ2n) is 4.87. The third kappa shape index (κ3) is 4.14. The summed E-state index contributed by atoms with van der Waals surface area (Å²) in [5.74, 6) is 0.0495. The largest absolute Gasteiger partial charge is 0.362 e. The maximum absolute atomic E-state index is 12.0. The van der Waals surface area contributed by atoms with Crippen molar-refractivity contribution < 1.29 is 13.3 Å². The third-order valence-corrected chi connectivity index (χ3v) is 3.79. The summed E-state index contributed by atoms with van der Waals surface area (Å²) >= 11 is 0. The molecule has 0 atom stereocenters. The smallest absolute Gasteiger partial charge is 0.312 e. The molecule has 0 aliphatic heterocycles. The van der Waals surface area contributed by atoms with Gasteiger partial charge in [-0.1, -0.05) is 0 Å². The molecule has 0 amide bonds. The molecular weight excluding hydrogens is 284 g/mol. The van der Waals surface area contributed by atoms with Gasteiger partial charge in [-0.2, -0.15) is 0 Å². The quantitative estimate of drug-likeness (QED) is 0.608. The zero-order chi connectivity index (χ0) is 15.5. The van der Waals surface area contributed by atoms with Crippen LogP contribution in [0.4, 0.5) is 11.5 Å². The summed E-state index contributed by atoms with van der Waals surface area (Å²) in [6.45, 7) is 6.93. The lowest BCUT2D eigenvalue weighted by atomic mass is 10.3. The summed E-state index contributed by atoms with van der Waals surface area (Å²) in [5.41, 5.74) is -0.370. The lowest BCUT2D eigenvalue weighted by molar-refractivity contribution is -0.384. The van der Waals surface area contributed by atoms with Crippen molar-refractivity contribution in [3.05, 3.63) is 22.4 Å². The Morgan fingerprint density at radius 1 is 1.25 bits per heavy atom. The highest BCUT2D eigenvalue weighted by atomic mass is 32.2. The van der Waals surface area contributed by atoms with Gasteiger partial charge < -0.3 is 5.32 Å². The minimum atomic E-state index is -3.81. The molecule has 0 saturated carbocycles. The van der Waals surface area contributed by atoms with E-state index in [1.807, 2.05) is 0 Å². The van der Waals surface area contributed by atoms with Crippen molar-refractivity contribution >= 4 is 21.5 Å². The lowest BCUT2D eigenvalue weighted by Gasteiger charge is -2.12. The second-order valence-corrected chi connectivity index (χ2v) is 6.58. The fourth-order valence-corrected chi connectivity index (χ4v) is 2.70. The Kier molecular flexibility index (Phi) is 5.01. The molecule has 0 aromatic carbocycles. The van der Waals surface area contributed by atoms with Crippen LogP contribution in [0.2, 0.25) is 0 Å². The van der Waals surface area contributed by atoms with Crippen molar-refractivity contribution in [3.63, 3.8) is 0 Å². The van der Waals surface area contributed by atoms with Crippen LogP contribution in [0.3, 0.4) is 0 Å². The average Bonchev–Trinajstić information content (AvgIpc) is 2.26. The fourth-order valence-electron chi connectivity index (χ4n) is 1.48. The van der Waals surface area contributed by atoms with E-state index in [2.05, 4.69) is 15.0 Å². The number of rotatable bonds is 6. The van der Waals surface area contributed by atoms with Crippen LogP contribution < -0.4 is 10.0 Å². The number of hydrogen-bond donors (Lipinski definition) is 2. The first-order valence-corrected chi connectivity index (χ1v) is 7.55. The van der Waals surface area contributed by atoms with Gasteiger partial charge in [0, 0.05) is 24.3 Å². The van der Waals surface area contributed by atoms with Crippen LogP contribution >= 0.6 is 0 Å². The van der Waals surface area contributed by atoms with Gasteiger partial charge in [-0.15, -0.1) is 0 Å². The summed E-state index contributed by atoms with van der Waals surface area (Å²) in [4.78, 5) is 14.0. The molecule has 20 heavy (non-hydrogen) atoms. The molecule has 1 aromatic rings. The van der Waals surface area contributed by atoms with Gasteiger partial charge in [0.15, 0.2) is 0 Å². The monoisotopic (exact) mass is 302 g/mol. The van der Waals surface area contributed by atoms with Gasteiger partial charge in [-0.25, -0.2) is 18.1 Å². The molecular formula is C11H18N4O4S. The molecule has 0 unspecified atom stereocenters. The van der Waals surface area contributed by atoms with Crippen LogP contribution in [-0.4, -0.2) is 30.4 Å². The topological polar surface area (TPSA) is 114 Å². The molecule has 1 rings (SSSR count). The first-order valence-electron chi connectivity index (χ1n) is 6.06. The van der Waals surface area contributed by atoms with Crippen molar-refractivity contribution in [2.45, 2.75) is 44.7 Å². The number of nitrogens with one attached hydrogen (secondary N) is 2. The molecule has 112 valence electrons. The van der Waals surface area contributed by atoms with Gasteiger partial charge in [-0.3, -0.25) is 10.1 Å². The predicted molar refractivity (Wildman–Crippen MR) is 75.1 cm³/mol. The Bertz CT molecular complexity index is 598. The molecule has 1 heterocycles. The van der Waals surface area contributed by atoms with Crippen LogP contribution in [0, 0.1) is 10.1 Å². The van der Waals surface area contributed by atoms with Gasteiger partial charge in [0.05, 0.1) is 4.92 Å². The van der Waals surface area contributed by atoms with E-state index in [9.17, 15) is 18.5 Å². The van der Waals surface area contributed by atoms with Crippen molar-refractivity contribution in [3.8, 4) is 0 Å². The van der Waals surface area contributed by atoms with E-state index in [1.165, 1.54) is 0 Å². The number of nitro groups is 1. The molecule has 9 heteroatoms. The number of sulfonamides is 1. The molecule has 1 aromatic heterocycles. The Morgan fingerprint density at radius 3 is 2.30 bits per heavy atom. The van der Waals surface area contributed by atoms with E-state index < -0.39 is 14.9 Å². The number of anilines is 1. The van der Waals surface area contributed by atoms with E-state index in [-0.39, 0.29) is 28.5 Å². The first kappa shape index (κ1) is 16.3. The van der Waals surface area contributed by atoms with E-state index >= 15 is 0 Å². The lowest BCUT2D eigenvalue weighted by Crippen LogP contribution is -2.30. The van der Waals surface area contributed by atoms with Gasteiger partial charge in [0.2, 0.25) is 15.8 Å². The zero-order valence-corrected chi connectivity index (χ0v) is 12.6. The minimum Gasteiger partial charge on any atom is -0.362 e. The standard InChI is InChI=1S/C11H18N4O4S/c1-7(2)13-11-10(15(16)17)5-9(6-12-11)20(18,19)14-8(3)4/h5-8,14H,1-4H3,(H,12,13). The summed E-state index contributed by atoms with van der Waals surface area (Å²) in [5, 5.41) is 13.8. The Balaban J connectivity index is 3.27. The zero-order valence-electron chi connectivity index (χ0n) is 11.7. The Labute approximate surface area is 117 Å². The second kappa shape index (κ2) is 6.14. The Morgan fingerprint density at radius 2 is 1.85 bits per heavy atom. The molecule has 0 aliphatic rings. The summed E-state index contributed by atoms with van der Waals surface area (Å²) in [6.07, 6.45) is 1.10. The summed E-state index contributed by atoms with van der Waals surface area (Å²) in [7, 11) is -3.81. The highest BCUT2D eigenvalue weighted by Gasteiger charge is 2.23. The molecule has 0 bridgehead atoms. The minimum absolute atomic E-state index is 0.0495. The molecule has 0 radical (unpaired) electrons. The Hall–Kier alpha value is -1.74. The maximum Gasteiger partial charge on any atom is 0.312 e. The van der Waals surface area contributed by atoms with E-state index in [0.29, 0.717) is 0 Å². The number of nitrogens with zero attached hydrogens (tertiary/aromatic N) is 2. The molecule has 0 aliphatic carbocycles. The van der Waals surface area contributed by atoms with Crippen molar-refractivity contribution in [2.24, 2.45) is 0 Å². The first-order chi connectivity index (χ1) is 9.13. The third-order valence-electron chi connectivity index (χ3n) is 2.17. The van der Waals surface area contributed by atoms with Crippen LogP contribution in [0.15, 0.2) is 17.2 Å². The van der Waals surface area contributed by atoms with E-state index in [0.717, 1.165) is 12.3 Å². The van der Waals surface area contributed by atoms with E-state index in [4.69, 9.17) is 0 Å². The fraction of sp³-hybridized carbons (Fsp3) is 0.545. The van der Waals surface area contributed by atoms with Crippen LogP contribution in [0.5, 0.6) is 0 Å². The van der Waals surface area contributed by atoms with Gasteiger partial charge in [0.1, 0.15) is 4.90 Å². The number of hydrogen-bond acceptors (Lipinski definition) is 6. The number of pyridine rings is 1. The summed E-state index contributed by atoms with van der Waals surface area (Å²) in [6, 6.07) is 0.632. The molecule has 0 fully saturated rings. The van der Waals surface area contributed by atoms with Crippen molar-refractivity contribution in [1.29, 1.82) is 0 Å². The van der Waals surface area contributed by atoms with Crippen LogP contribution in [0.1, 0.15) is 27.7 Å². The van der Waals surface area contributed by atoms with Crippen LogP contribution in [-0.2, 0) is 10.0 Å². The molecule has 8 nitrogen and oxygen atoms in total. The van der Waals surface area contributed by atoms with Gasteiger partial charge in [-0.05, 0) is 27.7 Å². The van der Waals surface area contributed by atoms with Crippen LogP contribution in [0.25, 0.3) is 0 Å². The van der Waals surface area contributed by atoms with Crippen molar-refractivity contribution in [2.75, 3.05) is 5.32 Å². The average molecular weight is 302 g/mol. The van der Waals surface area contributed by atoms with Gasteiger partial charge >= 0.3 is 5.69 Å². The van der Waals surface area contributed by atoms with E-state index in [1.54, 1.807) is 27.7 Å². The number of aromatic nitrogens is 1.